The summed E-state index contributed by atoms with van der Waals surface area (Å²) in [6, 6.07) is 0.843. The summed E-state index contributed by atoms with van der Waals surface area (Å²) in [4.78, 5) is 2.64. The first-order chi connectivity index (χ1) is 7.70. The number of ether oxygens (including phenoxy) is 1. The van der Waals surface area contributed by atoms with Crippen LogP contribution in [0.1, 0.15) is 26.7 Å². The smallest absolute Gasteiger partial charge is 0.0826 e. The van der Waals surface area contributed by atoms with Crippen molar-refractivity contribution in [2.24, 2.45) is 11.8 Å². The molecule has 0 spiro atoms. The number of nitrogens with zero attached hydrogens (tertiary/aromatic N) is 1. The zero-order valence-corrected chi connectivity index (χ0v) is 10.9. The maximum absolute atomic E-state index is 5.74. The van der Waals surface area contributed by atoms with Gasteiger partial charge in [0.05, 0.1) is 12.7 Å². The summed E-state index contributed by atoms with van der Waals surface area (Å²) in [6.45, 7) is 8.85. The third-order valence-corrected chi connectivity index (χ3v) is 4.21. The minimum absolute atomic E-state index is 0.400. The van der Waals surface area contributed by atoms with E-state index in [1.807, 2.05) is 7.05 Å². The molecule has 16 heavy (non-hydrogen) atoms. The van der Waals surface area contributed by atoms with Crippen molar-refractivity contribution in [1.29, 1.82) is 0 Å². The molecule has 0 amide bonds. The quantitative estimate of drug-likeness (QED) is 0.783. The molecule has 3 nitrogen and oxygen atoms in total. The standard InChI is InChI=1S/C13H26N2O/c1-10(2)11-6-12(7-11)15-4-5-16-13(9-15)8-14-3/h10-14H,4-9H2,1-3H3. The Balaban J connectivity index is 1.74. The molecule has 3 heteroatoms. The van der Waals surface area contributed by atoms with Crippen molar-refractivity contribution in [3.8, 4) is 0 Å². The number of hydrogen-bond acceptors (Lipinski definition) is 3. The van der Waals surface area contributed by atoms with Gasteiger partial charge in [0, 0.05) is 25.7 Å². The lowest BCUT2D eigenvalue weighted by molar-refractivity contribution is -0.0663. The van der Waals surface area contributed by atoms with Crippen molar-refractivity contribution < 1.29 is 4.74 Å². The van der Waals surface area contributed by atoms with E-state index in [9.17, 15) is 0 Å². The number of likely N-dealkylation sites (N-methyl/N-ethyl adjacent to an activating group) is 1. The molecular weight excluding hydrogens is 200 g/mol. The van der Waals surface area contributed by atoms with Gasteiger partial charge in [0.1, 0.15) is 0 Å². The molecule has 0 radical (unpaired) electrons. The molecule has 0 aromatic heterocycles. The number of hydrogen-bond donors (Lipinski definition) is 1. The molecule has 94 valence electrons. The molecule has 1 heterocycles. The maximum atomic E-state index is 5.74. The largest absolute Gasteiger partial charge is 0.374 e. The minimum Gasteiger partial charge on any atom is -0.374 e. The fraction of sp³-hybridized carbons (Fsp3) is 1.00. The molecule has 2 fully saturated rings. The lowest BCUT2D eigenvalue weighted by Crippen LogP contribution is -2.54. The predicted octanol–water partition coefficient (Wildman–Crippen LogP) is 1.34. The first-order valence-corrected chi connectivity index (χ1v) is 6.71. The Kier molecular flexibility index (Phi) is 4.22. The Morgan fingerprint density at radius 2 is 2.12 bits per heavy atom. The molecule has 1 unspecified atom stereocenters. The van der Waals surface area contributed by atoms with E-state index in [-0.39, 0.29) is 0 Å². The van der Waals surface area contributed by atoms with E-state index in [0.29, 0.717) is 6.10 Å². The molecule has 2 rings (SSSR count). The van der Waals surface area contributed by atoms with Crippen LogP contribution in [0.3, 0.4) is 0 Å². The van der Waals surface area contributed by atoms with Gasteiger partial charge in [-0.25, -0.2) is 0 Å². The molecule has 1 aliphatic carbocycles. The SMILES string of the molecule is CNCC1CN(C2CC(C(C)C)C2)CCO1. The topological polar surface area (TPSA) is 24.5 Å². The highest BCUT2D eigenvalue weighted by Crippen LogP contribution is 2.37. The van der Waals surface area contributed by atoms with E-state index >= 15 is 0 Å². The highest BCUT2D eigenvalue weighted by Gasteiger charge is 2.36. The number of morpholine rings is 1. The normalized spacial score (nSPS) is 36.4. The summed E-state index contributed by atoms with van der Waals surface area (Å²) in [7, 11) is 2.00. The zero-order valence-electron chi connectivity index (χ0n) is 10.9. The fourth-order valence-corrected chi connectivity index (χ4v) is 2.90. The van der Waals surface area contributed by atoms with Crippen molar-refractivity contribution in [2.75, 3.05) is 33.3 Å². The number of rotatable bonds is 4. The van der Waals surface area contributed by atoms with Gasteiger partial charge in [-0.2, -0.15) is 0 Å². The van der Waals surface area contributed by atoms with Crippen LogP contribution < -0.4 is 5.32 Å². The number of nitrogens with one attached hydrogen (secondary N) is 1. The van der Waals surface area contributed by atoms with E-state index < -0.39 is 0 Å². The molecule has 0 bridgehead atoms. The van der Waals surface area contributed by atoms with E-state index in [0.717, 1.165) is 44.1 Å². The minimum atomic E-state index is 0.400. The second kappa shape index (κ2) is 5.48. The monoisotopic (exact) mass is 226 g/mol. The summed E-state index contributed by atoms with van der Waals surface area (Å²) in [5.41, 5.74) is 0. The summed E-state index contributed by atoms with van der Waals surface area (Å²) < 4.78 is 5.74. The highest BCUT2D eigenvalue weighted by molar-refractivity contribution is 4.90. The Morgan fingerprint density at radius 1 is 1.38 bits per heavy atom. The second-order valence-electron chi connectivity index (χ2n) is 5.67. The van der Waals surface area contributed by atoms with Crippen LogP contribution in [0.4, 0.5) is 0 Å². The van der Waals surface area contributed by atoms with Crippen LogP contribution in [0.15, 0.2) is 0 Å². The first kappa shape index (κ1) is 12.3. The average molecular weight is 226 g/mol. The van der Waals surface area contributed by atoms with Gasteiger partial charge in [0.15, 0.2) is 0 Å². The molecule has 1 saturated heterocycles. The van der Waals surface area contributed by atoms with Gasteiger partial charge in [0.2, 0.25) is 0 Å². The molecule has 1 atom stereocenters. The van der Waals surface area contributed by atoms with Crippen LogP contribution in [0.25, 0.3) is 0 Å². The van der Waals surface area contributed by atoms with Crippen LogP contribution in [0.5, 0.6) is 0 Å². The summed E-state index contributed by atoms with van der Waals surface area (Å²) >= 11 is 0. The van der Waals surface area contributed by atoms with E-state index in [1.54, 1.807) is 0 Å². The maximum Gasteiger partial charge on any atom is 0.0826 e. The zero-order chi connectivity index (χ0) is 11.5. The van der Waals surface area contributed by atoms with Crippen LogP contribution in [-0.2, 0) is 4.74 Å². The van der Waals surface area contributed by atoms with Crippen LogP contribution >= 0.6 is 0 Å². The molecule has 0 aromatic carbocycles. The van der Waals surface area contributed by atoms with Gasteiger partial charge >= 0.3 is 0 Å². The van der Waals surface area contributed by atoms with E-state index in [2.05, 4.69) is 24.1 Å². The van der Waals surface area contributed by atoms with E-state index in [4.69, 9.17) is 4.74 Å². The third-order valence-electron chi connectivity index (χ3n) is 4.21. The van der Waals surface area contributed by atoms with Gasteiger partial charge in [-0.1, -0.05) is 13.8 Å². The van der Waals surface area contributed by atoms with Crippen LogP contribution in [-0.4, -0.2) is 50.3 Å². The molecule has 0 aromatic rings. The van der Waals surface area contributed by atoms with Crippen molar-refractivity contribution >= 4 is 0 Å². The Morgan fingerprint density at radius 3 is 2.75 bits per heavy atom. The molecule has 1 N–H and O–H groups in total. The Hall–Kier alpha value is -0.120. The van der Waals surface area contributed by atoms with Gasteiger partial charge in [0.25, 0.3) is 0 Å². The predicted molar refractivity (Wildman–Crippen MR) is 66.6 cm³/mol. The van der Waals surface area contributed by atoms with Crippen molar-refractivity contribution in [3.63, 3.8) is 0 Å². The van der Waals surface area contributed by atoms with Crippen molar-refractivity contribution in [3.05, 3.63) is 0 Å². The molecular formula is C13H26N2O. The molecule has 1 saturated carbocycles. The fourth-order valence-electron chi connectivity index (χ4n) is 2.90. The van der Waals surface area contributed by atoms with Crippen LogP contribution in [0.2, 0.25) is 0 Å². The third kappa shape index (κ3) is 2.76. The lowest BCUT2D eigenvalue weighted by atomic mass is 9.73. The van der Waals surface area contributed by atoms with Gasteiger partial charge in [-0.3, -0.25) is 4.90 Å². The lowest BCUT2D eigenvalue weighted by Gasteiger charge is -2.47. The highest BCUT2D eigenvalue weighted by atomic mass is 16.5. The van der Waals surface area contributed by atoms with Gasteiger partial charge in [-0.15, -0.1) is 0 Å². The first-order valence-electron chi connectivity index (χ1n) is 6.71. The molecule has 2 aliphatic rings. The average Bonchev–Trinajstić information content (AvgIpc) is 2.15. The van der Waals surface area contributed by atoms with Crippen molar-refractivity contribution in [2.45, 2.75) is 38.8 Å². The van der Waals surface area contributed by atoms with Gasteiger partial charge in [-0.05, 0) is 31.7 Å². The van der Waals surface area contributed by atoms with Crippen molar-refractivity contribution in [1.82, 2.24) is 10.2 Å². The summed E-state index contributed by atoms with van der Waals surface area (Å²) in [5, 5.41) is 3.21. The van der Waals surface area contributed by atoms with E-state index in [1.165, 1.54) is 12.8 Å². The van der Waals surface area contributed by atoms with Gasteiger partial charge < -0.3 is 10.1 Å². The van der Waals surface area contributed by atoms with Crippen LogP contribution in [0, 0.1) is 11.8 Å². The summed E-state index contributed by atoms with van der Waals surface area (Å²) in [5.74, 6) is 1.83. The summed E-state index contributed by atoms with van der Waals surface area (Å²) in [6.07, 6.45) is 3.21. The Labute approximate surface area is 99.5 Å². The molecule has 1 aliphatic heterocycles. The Bertz CT molecular complexity index is 212. The second-order valence-corrected chi connectivity index (χ2v) is 5.67.